The predicted octanol–water partition coefficient (Wildman–Crippen LogP) is 4.18. The molecule has 2 heterocycles. The third-order valence-corrected chi connectivity index (χ3v) is 7.56. The first-order valence-corrected chi connectivity index (χ1v) is 9.33. The van der Waals surface area contributed by atoms with Crippen LogP contribution in [0, 0.1) is 0 Å². The number of aromatic nitrogens is 1. The third-order valence-electron chi connectivity index (χ3n) is 3.02. The van der Waals surface area contributed by atoms with Gasteiger partial charge in [-0.1, -0.05) is 6.92 Å². The van der Waals surface area contributed by atoms with Gasteiger partial charge in [-0.2, -0.15) is 24.9 Å². The zero-order valence-electron chi connectivity index (χ0n) is 11.3. The first-order chi connectivity index (χ1) is 9.47. The summed E-state index contributed by atoms with van der Waals surface area (Å²) >= 11 is 4.80. The monoisotopic (exact) mass is 342 g/mol. The zero-order valence-corrected chi connectivity index (χ0v) is 13.7. The maximum absolute atomic E-state index is 13.0. The van der Waals surface area contributed by atoms with Crippen LogP contribution in [-0.2, 0) is 12.7 Å². The van der Waals surface area contributed by atoms with Crippen LogP contribution < -0.4 is 5.32 Å². The number of rotatable bonds is 4. The highest BCUT2D eigenvalue weighted by Gasteiger charge is 2.39. The minimum atomic E-state index is -4.37. The van der Waals surface area contributed by atoms with E-state index in [4.69, 9.17) is 0 Å². The van der Waals surface area contributed by atoms with Gasteiger partial charge in [0, 0.05) is 23.3 Å². The van der Waals surface area contributed by atoms with Crippen molar-refractivity contribution in [2.75, 3.05) is 18.6 Å². The summed E-state index contributed by atoms with van der Waals surface area (Å²) in [5, 5.41) is 3.88. The van der Waals surface area contributed by atoms with Crippen molar-refractivity contribution in [1.82, 2.24) is 10.3 Å². The number of halogens is 3. The standard InChI is InChI=1S/C12H17F3N2S3/c1-3-7-9(19-5-4-18-7)11-17-10(12(13,14)15)8(20-11)6-16-2/h7,9,16H,3-6H2,1-2H3. The lowest BCUT2D eigenvalue weighted by molar-refractivity contribution is -0.141. The van der Waals surface area contributed by atoms with E-state index < -0.39 is 11.9 Å². The highest BCUT2D eigenvalue weighted by Crippen LogP contribution is 2.47. The molecule has 0 bridgehead atoms. The van der Waals surface area contributed by atoms with Crippen molar-refractivity contribution in [3.63, 3.8) is 0 Å². The summed E-state index contributed by atoms with van der Waals surface area (Å²) in [6.45, 7) is 2.30. The first-order valence-electron chi connectivity index (χ1n) is 6.42. The molecule has 1 N–H and O–H groups in total. The quantitative estimate of drug-likeness (QED) is 0.887. The van der Waals surface area contributed by atoms with Crippen molar-refractivity contribution in [2.24, 2.45) is 0 Å². The van der Waals surface area contributed by atoms with Gasteiger partial charge >= 0.3 is 6.18 Å². The predicted molar refractivity (Wildman–Crippen MR) is 81.6 cm³/mol. The molecule has 8 heteroatoms. The average molecular weight is 342 g/mol. The van der Waals surface area contributed by atoms with Crippen molar-refractivity contribution in [3.8, 4) is 0 Å². The van der Waals surface area contributed by atoms with Crippen molar-refractivity contribution >= 4 is 34.9 Å². The van der Waals surface area contributed by atoms with E-state index in [-0.39, 0.29) is 11.8 Å². The third kappa shape index (κ3) is 3.64. The van der Waals surface area contributed by atoms with Gasteiger partial charge < -0.3 is 5.32 Å². The van der Waals surface area contributed by atoms with Gasteiger partial charge in [-0.25, -0.2) is 4.98 Å². The molecule has 1 aliphatic rings. The number of nitrogens with zero attached hydrogens (tertiary/aromatic N) is 1. The van der Waals surface area contributed by atoms with E-state index in [0.717, 1.165) is 17.9 Å². The van der Waals surface area contributed by atoms with Crippen LogP contribution >= 0.6 is 34.9 Å². The molecule has 20 heavy (non-hydrogen) atoms. The van der Waals surface area contributed by atoms with Crippen LogP contribution in [0.5, 0.6) is 0 Å². The van der Waals surface area contributed by atoms with Gasteiger partial charge in [0.15, 0.2) is 5.69 Å². The van der Waals surface area contributed by atoms with Crippen molar-refractivity contribution in [3.05, 3.63) is 15.6 Å². The van der Waals surface area contributed by atoms with E-state index >= 15 is 0 Å². The Labute approximate surface area is 129 Å². The van der Waals surface area contributed by atoms with Crippen LogP contribution in [0.4, 0.5) is 13.2 Å². The lowest BCUT2D eigenvalue weighted by atomic mass is 10.2. The molecule has 1 aromatic rings. The van der Waals surface area contributed by atoms with Crippen LogP contribution in [-0.4, -0.2) is 28.8 Å². The van der Waals surface area contributed by atoms with Crippen LogP contribution in [0.1, 0.15) is 34.2 Å². The Kier molecular flexibility index (Phi) is 5.67. The van der Waals surface area contributed by atoms with Gasteiger partial charge in [0.25, 0.3) is 0 Å². The summed E-state index contributed by atoms with van der Waals surface area (Å²) in [6, 6.07) is 0. The molecule has 1 aliphatic heterocycles. The maximum atomic E-state index is 13.0. The van der Waals surface area contributed by atoms with Gasteiger partial charge in [-0.15, -0.1) is 23.1 Å². The summed E-state index contributed by atoms with van der Waals surface area (Å²) in [7, 11) is 1.65. The SMILES string of the molecule is CCC1SCCSC1c1nc(C(F)(F)F)c(CNC)s1. The minimum Gasteiger partial charge on any atom is -0.315 e. The fraction of sp³-hybridized carbons (Fsp3) is 0.750. The molecule has 0 radical (unpaired) electrons. The molecule has 0 spiro atoms. The van der Waals surface area contributed by atoms with Gasteiger partial charge in [0.2, 0.25) is 0 Å². The molecule has 1 fully saturated rings. The highest BCUT2D eigenvalue weighted by atomic mass is 32.2. The Morgan fingerprint density at radius 3 is 2.60 bits per heavy atom. The van der Waals surface area contributed by atoms with Crippen molar-refractivity contribution in [1.29, 1.82) is 0 Å². The summed E-state index contributed by atoms with van der Waals surface area (Å²) in [5.41, 5.74) is -0.710. The molecular weight excluding hydrogens is 325 g/mol. The molecule has 0 aliphatic carbocycles. The fourth-order valence-electron chi connectivity index (χ4n) is 2.12. The number of nitrogens with one attached hydrogen (secondary N) is 1. The topological polar surface area (TPSA) is 24.9 Å². The average Bonchev–Trinajstić information content (AvgIpc) is 2.83. The smallest absolute Gasteiger partial charge is 0.315 e. The molecule has 2 unspecified atom stereocenters. The number of alkyl halides is 3. The molecule has 1 aromatic heterocycles. The molecule has 0 saturated carbocycles. The van der Waals surface area contributed by atoms with E-state index in [2.05, 4.69) is 17.2 Å². The summed E-state index contributed by atoms with van der Waals surface area (Å²) < 4.78 is 39.1. The summed E-state index contributed by atoms with van der Waals surface area (Å²) in [4.78, 5) is 4.23. The molecule has 114 valence electrons. The molecule has 2 nitrogen and oxygen atoms in total. The Morgan fingerprint density at radius 1 is 1.30 bits per heavy atom. The van der Waals surface area contributed by atoms with E-state index in [1.807, 2.05) is 11.8 Å². The number of thioether (sulfide) groups is 2. The molecule has 0 aromatic carbocycles. The van der Waals surface area contributed by atoms with E-state index in [0.29, 0.717) is 15.1 Å². The Balaban J connectivity index is 2.32. The molecular formula is C12H17F3N2S3. The number of thiazole rings is 1. The number of hydrogen-bond donors (Lipinski definition) is 1. The van der Waals surface area contributed by atoms with Crippen molar-refractivity contribution in [2.45, 2.75) is 36.6 Å². The van der Waals surface area contributed by atoms with Gasteiger partial charge in [0.05, 0.1) is 10.1 Å². The Hall–Kier alpha value is 0.0800. The second kappa shape index (κ2) is 6.89. The minimum absolute atomic E-state index is 0.0930. The second-order valence-corrected chi connectivity index (χ2v) is 8.17. The molecule has 2 rings (SSSR count). The summed E-state index contributed by atoms with van der Waals surface area (Å²) in [6.07, 6.45) is -3.40. The lowest BCUT2D eigenvalue weighted by Crippen LogP contribution is -2.18. The second-order valence-electron chi connectivity index (χ2n) is 4.46. The van der Waals surface area contributed by atoms with Crippen LogP contribution in [0.3, 0.4) is 0 Å². The largest absolute Gasteiger partial charge is 0.434 e. The lowest BCUT2D eigenvalue weighted by Gasteiger charge is -2.28. The normalized spacial score (nSPS) is 24.1. The maximum Gasteiger partial charge on any atom is 0.434 e. The Bertz CT molecular complexity index is 448. The highest BCUT2D eigenvalue weighted by molar-refractivity contribution is 8.06. The van der Waals surface area contributed by atoms with Gasteiger partial charge in [0.1, 0.15) is 5.01 Å². The molecule has 1 saturated heterocycles. The van der Waals surface area contributed by atoms with E-state index in [1.165, 1.54) is 11.3 Å². The Morgan fingerprint density at radius 2 is 2.00 bits per heavy atom. The van der Waals surface area contributed by atoms with Gasteiger partial charge in [-0.3, -0.25) is 0 Å². The molecule has 0 amide bonds. The van der Waals surface area contributed by atoms with Crippen LogP contribution in [0.25, 0.3) is 0 Å². The first kappa shape index (κ1) is 16.5. The van der Waals surface area contributed by atoms with Gasteiger partial charge in [-0.05, 0) is 13.5 Å². The number of hydrogen-bond acceptors (Lipinski definition) is 5. The van der Waals surface area contributed by atoms with Crippen LogP contribution in [0.2, 0.25) is 0 Å². The summed E-state index contributed by atoms with van der Waals surface area (Å²) in [5.74, 6) is 2.05. The van der Waals surface area contributed by atoms with Crippen LogP contribution in [0.15, 0.2) is 0 Å². The van der Waals surface area contributed by atoms with Crippen molar-refractivity contribution < 1.29 is 13.2 Å². The molecule has 2 atom stereocenters. The van der Waals surface area contributed by atoms with E-state index in [9.17, 15) is 13.2 Å². The zero-order chi connectivity index (χ0) is 14.8. The fourth-order valence-corrected chi connectivity index (χ4v) is 6.64. The van der Waals surface area contributed by atoms with E-state index in [1.54, 1.807) is 18.8 Å².